The number of aromatic nitrogens is 2. The zero-order chi connectivity index (χ0) is 21.7. The molecule has 3 rings (SSSR count). The molecule has 1 N–H and O–H groups in total. The van der Waals surface area contributed by atoms with Crippen LogP contribution in [0.25, 0.3) is 0 Å². The van der Waals surface area contributed by atoms with Crippen LogP contribution in [-0.4, -0.2) is 32.9 Å². The van der Waals surface area contributed by atoms with Crippen LogP contribution in [0.15, 0.2) is 47.0 Å². The fourth-order valence-corrected chi connectivity index (χ4v) is 2.99. The molecule has 0 fully saturated rings. The summed E-state index contributed by atoms with van der Waals surface area (Å²) in [6.07, 6.45) is 0.621. The molecule has 1 heterocycles. The third kappa shape index (κ3) is 4.93. The molecule has 0 saturated heterocycles. The number of carbonyl (C=O) groups excluding carboxylic acids is 1. The highest BCUT2D eigenvalue weighted by Gasteiger charge is 2.21. The molecule has 0 aliphatic rings. The van der Waals surface area contributed by atoms with E-state index in [4.69, 9.17) is 16.1 Å². The maximum Gasteiger partial charge on any atom is 0.293 e. The van der Waals surface area contributed by atoms with Gasteiger partial charge in [-0.1, -0.05) is 41.9 Å². The van der Waals surface area contributed by atoms with Crippen molar-refractivity contribution in [1.82, 2.24) is 15.0 Å². The number of halogens is 1. The van der Waals surface area contributed by atoms with Crippen LogP contribution < -0.4 is 5.32 Å². The van der Waals surface area contributed by atoms with Gasteiger partial charge in [-0.05, 0) is 23.8 Å². The van der Waals surface area contributed by atoms with E-state index in [0.717, 1.165) is 5.56 Å². The summed E-state index contributed by atoms with van der Waals surface area (Å²) in [5.74, 6) is 0.456. The zero-order valence-electron chi connectivity index (χ0n) is 16.5. The minimum absolute atomic E-state index is 0.103. The van der Waals surface area contributed by atoms with E-state index < -0.39 is 10.8 Å². The minimum Gasteiger partial charge on any atom is -0.375 e. The summed E-state index contributed by atoms with van der Waals surface area (Å²) in [5.41, 5.74) is 1.08. The van der Waals surface area contributed by atoms with Crippen molar-refractivity contribution in [2.45, 2.75) is 26.4 Å². The summed E-state index contributed by atoms with van der Waals surface area (Å²) < 4.78 is 5.09. The molecule has 10 heteroatoms. The van der Waals surface area contributed by atoms with Gasteiger partial charge in [0.2, 0.25) is 5.89 Å². The largest absolute Gasteiger partial charge is 0.375 e. The van der Waals surface area contributed by atoms with Gasteiger partial charge in [-0.2, -0.15) is 4.98 Å². The first kappa shape index (κ1) is 21.3. The second kappa shape index (κ2) is 9.36. The second-order valence-corrected chi connectivity index (χ2v) is 6.96. The quantitative estimate of drug-likeness (QED) is 0.423. The SMILES string of the molecule is CCc1noc(CN(C)C(=O)c2ccc(NCc3ccccc3Cl)c([N+](=O)[O-])c2)n1. The Bertz CT molecular complexity index is 1070. The summed E-state index contributed by atoms with van der Waals surface area (Å²) in [4.78, 5) is 29.3. The molecule has 2 aromatic carbocycles. The van der Waals surface area contributed by atoms with Crippen molar-refractivity contribution < 1.29 is 14.2 Å². The standard InChI is InChI=1S/C20H20ClN5O4/c1-3-18-23-19(30-24-18)12-25(2)20(27)13-8-9-16(17(10-13)26(28)29)22-11-14-6-4-5-7-15(14)21/h4-10,22H,3,11-12H2,1-2H3. The Morgan fingerprint density at radius 2 is 2.07 bits per heavy atom. The summed E-state index contributed by atoms with van der Waals surface area (Å²) in [6, 6.07) is 11.5. The third-order valence-electron chi connectivity index (χ3n) is 4.41. The molecule has 0 aliphatic carbocycles. The maximum atomic E-state index is 12.7. The van der Waals surface area contributed by atoms with Crippen molar-refractivity contribution in [3.8, 4) is 0 Å². The van der Waals surface area contributed by atoms with Crippen molar-refractivity contribution >= 4 is 28.9 Å². The van der Waals surface area contributed by atoms with Crippen molar-refractivity contribution in [2.75, 3.05) is 12.4 Å². The number of rotatable bonds is 8. The number of hydrogen-bond acceptors (Lipinski definition) is 7. The average molecular weight is 430 g/mol. The summed E-state index contributed by atoms with van der Waals surface area (Å²) in [5, 5.41) is 18.9. The van der Waals surface area contributed by atoms with Crippen LogP contribution in [-0.2, 0) is 19.5 Å². The van der Waals surface area contributed by atoms with Gasteiger partial charge in [0.05, 0.1) is 11.5 Å². The number of aryl methyl sites for hydroxylation is 1. The van der Waals surface area contributed by atoms with Gasteiger partial charge in [0.15, 0.2) is 5.82 Å². The van der Waals surface area contributed by atoms with Crippen LogP contribution in [0.2, 0.25) is 5.02 Å². The molecule has 3 aromatic rings. The Hall–Kier alpha value is -3.46. The molecule has 30 heavy (non-hydrogen) atoms. The summed E-state index contributed by atoms with van der Waals surface area (Å²) in [7, 11) is 1.56. The predicted molar refractivity (Wildman–Crippen MR) is 111 cm³/mol. The van der Waals surface area contributed by atoms with E-state index in [0.29, 0.717) is 35.4 Å². The Balaban J connectivity index is 1.75. The number of nitrogens with one attached hydrogen (secondary N) is 1. The van der Waals surface area contributed by atoms with Crippen molar-refractivity contribution in [3.63, 3.8) is 0 Å². The number of hydrogen-bond donors (Lipinski definition) is 1. The van der Waals surface area contributed by atoms with E-state index in [1.807, 2.05) is 25.1 Å². The highest BCUT2D eigenvalue weighted by Crippen LogP contribution is 2.27. The van der Waals surface area contributed by atoms with Gasteiger partial charge in [0.25, 0.3) is 11.6 Å². The van der Waals surface area contributed by atoms with E-state index in [1.165, 1.54) is 23.1 Å². The Morgan fingerprint density at radius 3 is 2.73 bits per heavy atom. The molecule has 1 amide bonds. The normalized spacial score (nSPS) is 10.6. The second-order valence-electron chi connectivity index (χ2n) is 6.55. The zero-order valence-corrected chi connectivity index (χ0v) is 17.2. The summed E-state index contributed by atoms with van der Waals surface area (Å²) >= 11 is 6.13. The van der Waals surface area contributed by atoms with Gasteiger partial charge in [0, 0.05) is 36.7 Å². The van der Waals surface area contributed by atoms with E-state index in [1.54, 1.807) is 13.1 Å². The van der Waals surface area contributed by atoms with Gasteiger partial charge < -0.3 is 14.7 Å². The number of carbonyl (C=O) groups is 1. The molecule has 9 nitrogen and oxygen atoms in total. The first-order chi connectivity index (χ1) is 14.4. The molecule has 0 unspecified atom stereocenters. The fourth-order valence-electron chi connectivity index (χ4n) is 2.79. The highest BCUT2D eigenvalue weighted by molar-refractivity contribution is 6.31. The first-order valence-corrected chi connectivity index (χ1v) is 9.59. The molecule has 0 spiro atoms. The van der Waals surface area contributed by atoms with Crippen LogP contribution in [0.5, 0.6) is 0 Å². The predicted octanol–water partition coefficient (Wildman–Crippen LogP) is 4.08. The molecule has 0 atom stereocenters. The van der Waals surface area contributed by atoms with E-state index >= 15 is 0 Å². The van der Waals surface area contributed by atoms with Crippen LogP contribution in [0.3, 0.4) is 0 Å². The fraction of sp³-hybridized carbons (Fsp3) is 0.250. The molecule has 1 aromatic heterocycles. The van der Waals surface area contributed by atoms with Gasteiger partial charge in [0.1, 0.15) is 5.69 Å². The number of benzene rings is 2. The van der Waals surface area contributed by atoms with Crippen LogP contribution in [0.1, 0.15) is 34.6 Å². The average Bonchev–Trinajstić information content (AvgIpc) is 3.20. The van der Waals surface area contributed by atoms with E-state index in [9.17, 15) is 14.9 Å². The third-order valence-corrected chi connectivity index (χ3v) is 4.78. The van der Waals surface area contributed by atoms with Crippen molar-refractivity contribution in [1.29, 1.82) is 0 Å². The van der Waals surface area contributed by atoms with Crippen LogP contribution in [0.4, 0.5) is 11.4 Å². The number of nitro groups is 1. The van der Waals surface area contributed by atoms with E-state index in [2.05, 4.69) is 15.5 Å². The smallest absolute Gasteiger partial charge is 0.293 e. The number of anilines is 1. The molecular formula is C20H20ClN5O4. The number of nitrogens with zero attached hydrogens (tertiary/aromatic N) is 4. The number of nitro benzene ring substituents is 1. The number of amides is 1. The summed E-state index contributed by atoms with van der Waals surface area (Å²) in [6.45, 7) is 2.31. The van der Waals surface area contributed by atoms with Crippen molar-refractivity contribution in [2.24, 2.45) is 0 Å². The Kier molecular flexibility index (Phi) is 6.63. The van der Waals surface area contributed by atoms with Gasteiger partial charge in [-0.3, -0.25) is 14.9 Å². The molecular weight excluding hydrogens is 410 g/mol. The van der Waals surface area contributed by atoms with Gasteiger partial charge >= 0.3 is 0 Å². The van der Waals surface area contributed by atoms with Gasteiger partial charge in [-0.25, -0.2) is 0 Å². The lowest BCUT2D eigenvalue weighted by Crippen LogP contribution is -2.26. The Morgan fingerprint density at radius 1 is 1.30 bits per heavy atom. The van der Waals surface area contributed by atoms with E-state index in [-0.39, 0.29) is 17.8 Å². The lowest BCUT2D eigenvalue weighted by molar-refractivity contribution is -0.384. The molecule has 0 bridgehead atoms. The lowest BCUT2D eigenvalue weighted by Gasteiger charge is -2.15. The minimum atomic E-state index is -0.531. The first-order valence-electron chi connectivity index (χ1n) is 9.21. The molecule has 156 valence electrons. The van der Waals surface area contributed by atoms with Crippen LogP contribution >= 0.6 is 11.6 Å². The lowest BCUT2D eigenvalue weighted by atomic mass is 10.1. The maximum absolute atomic E-state index is 12.7. The monoisotopic (exact) mass is 429 g/mol. The topological polar surface area (TPSA) is 114 Å². The molecule has 0 radical (unpaired) electrons. The van der Waals surface area contributed by atoms with Gasteiger partial charge in [-0.15, -0.1) is 0 Å². The van der Waals surface area contributed by atoms with Crippen LogP contribution in [0, 0.1) is 10.1 Å². The Labute approximate surface area is 177 Å². The highest BCUT2D eigenvalue weighted by atomic mass is 35.5. The molecule has 0 saturated carbocycles. The molecule has 0 aliphatic heterocycles. The van der Waals surface area contributed by atoms with Crippen molar-refractivity contribution in [3.05, 3.63) is 80.4 Å².